The third kappa shape index (κ3) is 3.78. The van der Waals surface area contributed by atoms with Gasteiger partial charge in [0.1, 0.15) is 17.4 Å². The van der Waals surface area contributed by atoms with Crippen molar-refractivity contribution in [2.45, 2.75) is 37.4 Å². The molecular weight excluding hydrogens is 432 g/mol. The van der Waals surface area contributed by atoms with Gasteiger partial charge in [0.05, 0.1) is 16.3 Å². The van der Waals surface area contributed by atoms with Crippen LogP contribution in [0.25, 0.3) is 5.69 Å². The van der Waals surface area contributed by atoms with Crippen molar-refractivity contribution in [1.29, 1.82) is 0 Å². The van der Waals surface area contributed by atoms with Gasteiger partial charge < -0.3 is 0 Å². The second kappa shape index (κ2) is 8.06. The fraction of sp³-hybridized carbons (Fsp3) is 0.381. The van der Waals surface area contributed by atoms with Gasteiger partial charge in [-0.3, -0.25) is 19.7 Å². The molecule has 0 spiro atoms. The van der Waals surface area contributed by atoms with E-state index in [1.165, 1.54) is 10.4 Å². The molecule has 11 heteroatoms. The predicted octanol–water partition coefficient (Wildman–Crippen LogP) is 2.38. The highest BCUT2D eigenvalue weighted by Gasteiger charge is 2.33. The Hall–Kier alpha value is -3.18. The number of nitro groups is 1. The minimum absolute atomic E-state index is 0.0682. The molecule has 2 aliphatic heterocycles. The van der Waals surface area contributed by atoms with Crippen molar-refractivity contribution in [1.82, 2.24) is 24.1 Å². The molecule has 0 N–H and O–H groups in total. The van der Waals surface area contributed by atoms with E-state index in [1.807, 2.05) is 4.57 Å². The number of nitrogens with zero attached hydrogens (tertiary/aromatic N) is 6. The summed E-state index contributed by atoms with van der Waals surface area (Å²) in [5, 5.41) is 19.9. The average Bonchev–Trinajstić information content (AvgIpc) is 3.24. The summed E-state index contributed by atoms with van der Waals surface area (Å²) in [6.07, 6.45) is 4.22. The Kier molecular flexibility index (Phi) is 5.22. The molecule has 2 aliphatic rings. The lowest BCUT2D eigenvalue weighted by molar-refractivity contribution is -0.384. The van der Waals surface area contributed by atoms with Crippen LogP contribution >= 0.6 is 0 Å². The van der Waals surface area contributed by atoms with E-state index in [-0.39, 0.29) is 22.3 Å². The number of piperidine rings is 1. The molecule has 3 aromatic rings. The van der Waals surface area contributed by atoms with Gasteiger partial charge >= 0.3 is 0 Å². The molecule has 0 radical (unpaired) electrons. The van der Waals surface area contributed by atoms with E-state index in [9.17, 15) is 18.5 Å². The van der Waals surface area contributed by atoms with Gasteiger partial charge in [-0.2, -0.15) is 0 Å². The van der Waals surface area contributed by atoms with E-state index in [2.05, 4.69) is 15.2 Å². The summed E-state index contributed by atoms with van der Waals surface area (Å²) in [5.74, 6) is 1.60. The lowest BCUT2D eigenvalue weighted by Crippen LogP contribution is -2.39. The lowest BCUT2D eigenvalue weighted by atomic mass is 9.95. The van der Waals surface area contributed by atoms with Gasteiger partial charge in [-0.15, -0.1) is 10.2 Å². The fourth-order valence-electron chi connectivity index (χ4n) is 4.52. The number of hydrogen-bond acceptors (Lipinski definition) is 7. The summed E-state index contributed by atoms with van der Waals surface area (Å²) in [4.78, 5) is 14.9. The Balaban J connectivity index is 1.35. The Bertz CT molecular complexity index is 1270. The van der Waals surface area contributed by atoms with E-state index in [1.54, 1.807) is 36.5 Å². The van der Waals surface area contributed by atoms with Crippen molar-refractivity contribution in [3.63, 3.8) is 0 Å². The van der Waals surface area contributed by atoms with E-state index in [0.29, 0.717) is 44.5 Å². The SMILES string of the molecule is O=[N+]([O-])c1ccc2c(c1)CCc1nnc(C3CCN(S(=O)(=O)Cc4ccccn4)CC3)n1-2. The lowest BCUT2D eigenvalue weighted by Gasteiger charge is -2.31. The third-order valence-corrected chi connectivity index (χ3v) is 7.97. The van der Waals surface area contributed by atoms with Crippen LogP contribution in [0, 0.1) is 10.1 Å². The van der Waals surface area contributed by atoms with E-state index >= 15 is 0 Å². The van der Waals surface area contributed by atoms with Gasteiger partial charge in [0.15, 0.2) is 0 Å². The summed E-state index contributed by atoms with van der Waals surface area (Å²) >= 11 is 0. The van der Waals surface area contributed by atoms with Crippen molar-refractivity contribution in [3.8, 4) is 5.69 Å². The Morgan fingerprint density at radius 3 is 2.62 bits per heavy atom. The Labute approximate surface area is 185 Å². The van der Waals surface area contributed by atoms with E-state index in [0.717, 1.165) is 22.9 Å². The second-order valence-corrected chi connectivity index (χ2v) is 10.1. The zero-order valence-corrected chi connectivity index (χ0v) is 18.1. The number of hydrogen-bond donors (Lipinski definition) is 0. The standard InChI is InChI=1S/C21H22N6O4S/c28-27(29)18-5-6-19-16(13-18)4-7-20-23-24-21(26(19)20)15-8-11-25(12-9-15)32(30,31)14-17-3-1-2-10-22-17/h1-3,5-6,10,13,15H,4,7-9,11-12,14H2. The summed E-state index contributed by atoms with van der Waals surface area (Å²) in [7, 11) is -3.44. The van der Waals surface area contributed by atoms with Gasteiger partial charge in [0.2, 0.25) is 10.0 Å². The minimum atomic E-state index is -3.44. The van der Waals surface area contributed by atoms with Crippen LogP contribution in [0.2, 0.25) is 0 Å². The molecule has 4 heterocycles. The highest BCUT2D eigenvalue weighted by Crippen LogP contribution is 2.34. The molecule has 0 bridgehead atoms. The van der Waals surface area contributed by atoms with Crippen molar-refractivity contribution >= 4 is 15.7 Å². The second-order valence-electron chi connectivity index (χ2n) is 8.13. The first-order valence-corrected chi connectivity index (χ1v) is 12.1. The number of rotatable bonds is 5. The first-order valence-electron chi connectivity index (χ1n) is 10.5. The molecule has 10 nitrogen and oxygen atoms in total. The van der Waals surface area contributed by atoms with Gasteiger partial charge in [-0.05, 0) is 43.0 Å². The number of pyridine rings is 1. The van der Waals surface area contributed by atoms with Gasteiger partial charge in [0, 0.05) is 43.8 Å². The van der Waals surface area contributed by atoms with Gasteiger partial charge in [0.25, 0.3) is 5.69 Å². The van der Waals surface area contributed by atoms with Gasteiger partial charge in [-0.25, -0.2) is 12.7 Å². The molecule has 0 aliphatic carbocycles. The Morgan fingerprint density at radius 1 is 1.09 bits per heavy atom. The van der Waals surface area contributed by atoms with Crippen LogP contribution in [0.15, 0.2) is 42.6 Å². The first-order chi connectivity index (χ1) is 15.4. The molecule has 1 aromatic carbocycles. The van der Waals surface area contributed by atoms with Crippen LogP contribution in [0.4, 0.5) is 5.69 Å². The summed E-state index contributed by atoms with van der Waals surface area (Å²) < 4.78 is 29.2. The number of nitro benzene ring substituents is 1. The molecule has 166 valence electrons. The number of benzene rings is 1. The quantitative estimate of drug-likeness (QED) is 0.428. The molecule has 0 saturated carbocycles. The number of aromatic nitrogens is 4. The molecule has 2 aromatic heterocycles. The van der Waals surface area contributed by atoms with Crippen LogP contribution in [-0.2, 0) is 28.6 Å². The molecular formula is C21H22N6O4S. The summed E-state index contributed by atoms with van der Waals surface area (Å²) in [6.45, 7) is 0.824. The minimum Gasteiger partial charge on any atom is -0.282 e. The van der Waals surface area contributed by atoms with Gasteiger partial charge in [-0.1, -0.05) is 6.07 Å². The van der Waals surface area contributed by atoms with Crippen LogP contribution in [0.5, 0.6) is 0 Å². The smallest absolute Gasteiger partial charge is 0.269 e. The topological polar surface area (TPSA) is 124 Å². The van der Waals surface area contributed by atoms with Crippen LogP contribution < -0.4 is 0 Å². The molecule has 0 amide bonds. The van der Waals surface area contributed by atoms with Crippen LogP contribution in [-0.4, -0.2) is 50.5 Å². The van der Waals surface area contributed by atoms with E-state index in [4.69, 9.17) is 0 Å². The zero-order chi connectivity index (χ0) is 22.3. The normalized spacial score (nSPS) is 17.0. The molecule has 1 fully saturated rings. The maximum Gasteiger partial charge on any atom is 0.269 e. The van der Waals surface area contributed by atoms with Crippen LogP contribution in [0.1, 0.15) is 41.7 Å². The first kappa shape index (κ1) is 20.7. The highest BCUT2D eigenvalue weighted by atomic mass is 32.2. The van der Waals surface area contributed by atoms with Crippen LogP contribution in [0.3, 0.4) is 0 Å². The summed E-state index contributed by atoms with van der Waals surface area (Å²) in [5.41, 5.74) is 2.39. The molecule has 32 heavy (non-hydrogen) atoms. The Morgan fingerprint density at radius 2 is 1.91 bits per heavy atom. The van der Waals surface area contributed by atoms with Crippen molar-refractivity contribution in [2.24, 2.45) is 0 Å². The molecule has 0 unspecified atom stereocenters. The van der Waals surface area contributed by atoms with Crippen molar-refractivity contribution in [3.05, 3.63) is 75.6 Å². The number of fused-ring (bicyclic) bond motifs is 3. The highest BCUT2D eigenvalue weighted by molar-refractivity contribution is 7.88. The zero-order valence-electron chi connectivity index (χ0n) is 17.3. The van der Waals surface area contributed by atoms with Crippen molar-refractivity contribution < 1.29 is 13.3 Å². The molecule has 0 atom stereocenters. The van der Waals surface area contributed by atoms with E-state index < -0.39 is 10.0 Å². The third-order valence-electron chi connectivity index (χ3n) is 6.16. The van der Waals surface area contributed by atoms with Crippen molar-refractivity contribution in [2.75, 3.05) is 13.1 Å². The molecule has 5 rings (SSSR count). The largest absolute Gasteiger partial charge is 0.282 e. The maximum atomic E-state index is 12.8. The predicted molar refractivity (Wildman–Crippen MR) is 116 cm³/mol. The number of sulfonamides is 1. The maximum absolute atomic E-state index is 12.8. The monoisotopic (exact) mass is 454 g/mol. The average molecular weight is 455 g/mol. The number of non-ortho nitro benzene ring substituents is 1. The number of aryl methyl sites for hydroxylation is 2. The molecule has 1 saturated heterocycles. The fourth-order valence-corrected chi connectivity index (χ4v) is 6.02. The summed E-state index contributed by atoms with van der Waals surface area (Å²) in [6, 6.07) is 10.1.